The van der Waals surface area contributed by atoms with Crippen LogP contribution in [0.5, 0.6) is 5.75 Å². The highest BCUT2D eigenvalue weighted by molar-refractivity contribution is 6.00. The molecule has 2 aromatic rings. The summed E-state index contributed by atoms with van der Waals surface area (Å²) in [5.74, 6) is -0.0703. The lowest BCUT2D eigenvalue weighted by atomic mass is 10.2. The molecule has 3 amide bonds. The zero-order valence-electron chi connectivity index (χ0n) is 14.6. The van der Waals surface area contributed by atoms with Crippen LogP contribution in [0.2, 0.25) is 0 Å². The first-order valence-corrected chi connectivity index (χ1v) is 8.42. The fourth-order valence-electron chi connectivity index (χ4n) is 2.68. The molecule has 0 atom stereocenters. The number of para-hydroxylation sites is 2. The molecule has 2 N–H and O–H groups in total. The van der Waals surface area contributed by atoms with Crippen molar-refractivity contribution in [3.8, 4) is 5.75 Å². The molecule has 1 aliphatic rings. The minimum absolute atomic E-state index is 0.0111. The van der Waals surface area contributed by atoms with Crippen molar-refractivity contribution in [1.29, 1.82) is 0 Å². The molecule has 138 valence electrons. The zero-order chi connectivity index (χ0) is 19.2. The van der Waals surface area contributed by atoms with Crippen molar-refractivity contribution < 1.29 is 19.1 Å². The van der Waals surface area contributed by atoms with Gasteiger partial charge in [0.2, 0.25) is 5.91 Å². The summed E-state index contributed by atoms with van der Waals surface area (Å²) in [4.78, 5) is 37.2. The van der Waals surface area contributed by atoms with E-state index < -0.39 is 0 Å². The second-order valence-electron chi connectivity index (χ2n) is 5.83. The van der Waals surface area contributed by atoms with Gasteiger partial charge in [0.1, 0.15) is 5.75 Å². The van der Waals surface area contributed by atoms with Crippen LogP contribution < -0.4 is 20.3 Å². The third-order valence-electron chi connectivity index (χ3n) is 4.03. The number of benzene rings is 2. The third-order valence-corrected chi connectivity index (χ3v) is 4.03. The van der Waals surface area contributed by atoms with Gasteiger partial charge in [-0.15, -0.1) is 0 Å². The number of nitrogens with zero attached hydrogens (tertiary/aromatic N) is 1. The van der Waals surface area contributed by atoms with E-state index in [1.807, 2.05) is 18.2 Å². The monoisotopic (exact) mass is 365 g/mol. The van der Waals surface area contributed by atoms with Crippen molar-refractivity contribution in [1.82, 2.24) is 5.32 Å². The van der Waals surface area contributed by atoms with Crippen molar-refractivity contribution in [3.63, 3.8) is 0 Å². The Labute approximate surface area is 156 Å². The Kier molecular flexibility index (Phi) is 5.51. The van der Waals surface area contributed by atoms with Crippen LogP contribution in [-0.2, 0) is 9.59 Å². The predicted octanol–water partition coefficient (Wildman–Crippen LogP) is 1.97. The molecule has 0 unspecified atom stereocenters. The van der Waals surface area contributed by atoms with E-state index in [-0.39, 0.29) is 24.3 Å². The fourth-order valence-corrected chi connectivity index (χ4v) is 2.68. The first kappa shape index (κ1) is 18.2. The quantitative estimate of drug-likeness (QED) is 0.766. The molecule has 0 spiro atoms. The molecule has 1 heterocycles. The van der Waals surface area contributed by atoms with Crippen molar-refractivity contribution >= 4 is 29.1 Å². The molecule has 0 radical (unpaired) electrons. The zero-order valence-corrected chi connectivity index (χ0v) is 14.6. The standard InChI is InChI=1S/C20H19N3O4/c1-2-18(24)22-15-9-7-14(8-10-15)20(26)21-11-12-23-16-5-3-4-6-17(16)27-13-19(23)25/h2-10H,1,11-13H2,(H,21,26)(H,22,24). The van der Waals surface area contributed by atoms with Gasteiger partial charge < -0.3 is 20.3 Å². The molecular weight excluding hydrogens is 346 g/mol. The van der Waals surface area contributed by atoms with Gasteiger partial charge >= 0.3 is 0 Å². The predicted molar refractivity (Wildman–Crippen MR) is 102 cm³/mol. The van der Waals surface area contributed by atoms with Gasteiger partial charge in [0.15, 0.2) is 6.61 Å². The van der Waals surface area contributed by atoms with Crippen LogP contribution >= 0.6 is 0 Å². The van der Waals surface area contributed by atoms with Gasteiger partial charge in [-0.3, -0.25) is 14.4 Å². The number of ether oxygens (including phenoxy) is 1. The lowest BCUT2D eigenvalue weighted by Crippen LogP contribution is -2.43. The number of carbonyl (C=O) groups excluding carboxylic acids is 3. The SMILES string of the molecule is C=CC(=O)Nc1ccc(C(=O)NCCN2C(=O)COc3ccccc32)cc1. The molecular formula is C20H19N3O4. The highest BCUT2D eigenvalue weighted by atomic mass is 16.5. The summed E-state index contributed by atoms with van der Waals surface area (Å²) in [7, 11) is 0. The van der Waals surface area contributed by atoms with Gasteiger partial charge in [-0.25, -0.2) is 0 Å². The molecule has 3 rings (SSSR count). The maximum absolute atomic E-state index is 12.3. The van der Waals surface area contributed by atoms with E-state index in [2.05, 4.69) is 17.2 Å². The number of hydrogen-bond donors (Lipinski definition) is 2. The minimum atomic E-state index is -0.317. The number of nitrogens with one attached hydrogen (secondary N) is 2. The average molecular weight is 365 g/mol. The largest absolute Gasteiger partial charge is 0.482 e. The molecule has 0 aromatic heterocycles. The van der Waals surface area contributed by atoms with E-state index in [0.29, 0.717) is 35.8 Å². The summed E-state index contributed by atoms with van der Waals surface area (Å²) in [6, 6.07) is 13.8. The third kappa shape index (κ3) is 4.33. The van der Waals surface area contributed by atoms with E-state index in [1.54, 1.807) is 35.2 Å². The van der Waals surface area contributed by atoms with Gasteiger partial charge in [-0.05, 0) is 42.5 Å². The van der Waals surface area contributed by atoms with Gasteiger partial charge in [0, 0.05) is 24.3 Å². The van der Waals surface area contributed by atoms with Gasteiger partial charge in [-0.1, -0.05) is 18.7 Å². The van der Waals surface area contributed by atoms with Crippen LogP contribution in [0.4, 0.5) is 11.4 Å². The van der Waals surface area contributed by atoms with Gasteiger partial charge in [-0.2, -0.15) is 0 Å². The minimum Gasteiger partial charge on any atom is -0.482 e. The van der Waals surface area contributed by atoms with Gasteiger partial charge in [0.25, 0.3) is 11.8 Å². The van der Waals surface area contributed by atoms with E-state index >= 15 is 0 Å². The smallest absolute Gasteiger partial charge is 0.265 e. The van der Waals surface area contributed by atoms with E-state index in [1.165, 1.54) is 6.08 Å². The van der Waals surface area contributed by atoms with Crippen LogP contribution in [0.3, 0.4) is 0 Å². The van der Waals surface area contributed by atoms with Crippen LogP contribution in [0.1, 0.15) is 10.4 Å². The number of rotatable bonds is 6. The van der Waals surface area contributed by atoms with Crippen molar-refractivity contribution in [3.05, 3.63) is 66.7 Å². The lowest BCUT2D eigenvalue weighted by molar-refractivity contribution is -0.121. The van der Waals surface area contributed by atoms with E-state index in [4.69, 9.17) is 4.74 Å². The normalized spacial score (nSPS) is 12.6. The second-order valence-corrected chi connectivity index (χ2v) is 5.83. The number of carbonyl (C=O) groups is 3. The maximum atomic E-state index is 12.3. The summed E-state index contributed by atoms with van der Waals surface area (Å²) >= 11 is 0. The Morgan fingerprint density at radius 2 is 1.89 bits per heavy atom. The Bertz CT molecular complexity index is 877. The number of anilines is 2. The Hall–Kier alpha value is -3.61. The van der Waals surface area contributed by atoms with Crippen LogP contribution in [0, 0.1) is 0 Å². The highest BCUT2D eigenvalue weighted by Gasteiger charge is 2.24. The molecule has 0 fully saturated rings. The Morgan fingerprint density at radius 1 is 1.15 bits per heavy atom. The molecule has 7 heteroatoms. The molecule has 0 bridgehead atoms. The first-order chi connectivity index (χ1) is 13.1. The topological polar surface area (TPSA) is 87.7 Å². The molecule has 0 saturated heterocycles. The summed E-state index contributed by atoms with van der Waals surface area (Å²) in [6.07, 6.45) is 1.17. The summed E-state index contributed by atoms with van der Waals surface area (Å²) in [6.45, 7) is 4.02. The van der Waals surface area contributed by atoms with E-state index in [0.717, 1.165) is 0 Å². The fraction of sp³-hybridized carbons (Fsp3) is 0.150. The number of fused-ring (bicyclic) bond motifs is 1. The summed E-state index contributed by atoms with van der Waals surface area (Å²) in [5.41, 5.74) is 1.73. The maximum Gasteiger partial charge on any atom is 0.265 e. The second kappa shape index (κ2) is 8.18. The average Bonchev–Trinajstić information content (AvgIpc) is 2.70. The Balaban J connectivity index is 1.56. The summed E-state index contributed by atoms with van der Waals surface area (Å²) in [5, 5.41) is 5.41. The van der Waals surface area contributed by atoms with Crippen LogP contribution in [0.25, 0.3) is 0 Å². The van der Waals surface area contributed by atoms with E-state index in [9.17, 15) is 14.4 Å². The van der Waals surface area contributed by atoms with Crippen molar-refractivity contribution in [2.75, 3.05) is 29.9 Å². The first-order valence-electron chi connectivity index (χ1n) is 8.42. The van der Waals surface area contributed by atoms with Crippen molar-refractivity contribution in [2.24, 2.45) is 0 Å². The van der Waals surface area contributed by atoms with Crippen LogP contribution in [-0.4, -0.2) is 37.4 Å². The number of amides is 3. The van der Waals surface area contributed by atoms with Gasteiger partial charge in [0.05, 0.1) is 5.69 Å². The molecule has 27 heavy (non-hydrogen) atoms. The summed E-state index contributed by atoms with van der Waals surface area (Å²) < 4.78 is 5.39. The molecule has 2 aromatic carbocycles. The molecule has 1 aliphatic heterocycles. The lowest BCUT2D eigenvalue weighted by Gasteiger charge is -2.29. The molecule has 0 saturated carbocycles. The van der Waals surface area contributed by atoms with Crippen molar-refractivity contribution in [2.45, 2.75) is 0 Å². The molecule has 0 aliphatic carbocycles. The number of hydrogen-bond acceptors (Lipinski definition) is 4. The molecule has 7 nitrogen and oxygen atoms in total. The highest BCUT2D eigenvalue weighted by Crippen LogP contribution is 2.30. The Morgan fingerprint density at radius 3 is 2.63 bits per heavy atom. The van der Waals surface area contributed by atoms with Crippen LogP contribution in [0.15, 0.2) is 61.2 Å².